The minimum Gasteiger partial charge on any atom is -0.325 e. The first-order valence-electron chi connectivity index (χ1n) is 7.58. The maximum absolute atomic E-state index is 12.1. The number of aromatic nitrogens is 2. The molecule has 6 heteroatoms. The van der Waals surface area contributed by atoms with E-state index in [1.807, 2.05) is 39.0 Å². The van der Waals surface area contributed by atoms with Crippen LogP contribution < -0.4 is 10.9 Å². The third-order valence-corrected chi connectivity index (χ3v) is 4.16. The van der Waals surface area contributed by atoms with E-state index in [1.54, 1.807) is 0 Å². The summed E-state index contributed by atoms with van der Waals surface area (Å²) < 4.78 is 0. The molecule has 2 N–H and O–H groups in total. The van der Waals surface area contributed by atoms with Crippen molar-refractivity contribution in [1.82, 2.24) is 9.97 Å². The molecule has 5 nitrogen and oxygen atoms in total. The molecule has 1 aromatic carbocycles. The van der Waals surface area contributed by atoms with Crippen LogP contribution in [-0.4, -0.2) is 21.6 Å². The van der Waals surface area contributed by atoms with Gasteiger partial charge in [0, 0.05) is 17.4 Å². The van der Waals surface area contributed by atoms with Gasteiger partial charge in [-0.05, 0) is 37.5 Å². The van der Waals surface area contributed by atoms with Gasteiger partial charge in [-0.1, -0.05) is 37.2 Å². The molecule has 0 saturated carbocycles. The molecule has 1 aromatic heterocycles. The molecule has 0 aliphatic rings. The number of amides is 1. The van der Waals surface area contributed by atoms with Crippen LogP contribution in [0.25, 0.3) is 0 Å². The Kier molecular flexibility index (Phi) is 5.98. The van der Waals surface area contributed by atoms with E-state index in [9.17, 15) is 9.59 Å². The summed E-state index contributed by atoms with van der Waals surface area (Å²) in [6.45, 7) is 5.97. The van der Waals surface area contributed by atoms with Crippen molar-refractivity contribution in [2.75, 3.05) is 11.1 Å². The second-order valence-electron chi connectivity index (χ2n) is 5.45. The molecule has 1 amide bonds. The van der Waals surface area contributed by atoms with E-state index in [-0.39, 0.29) is 17.2 Å². The summed E-state index contributed by atoms with van der Waals surface area (Å²) in [5.74, 6) is 0.0820. The molecular weight excluding hydrogens is 310 g/mol. The number of rotatable bonds is 6. The predicted octanol–water partition coefficient (Wildman–Crippen LogP) is 3.07. The van der Waals surface area contributed by atoms with Gasteiger partial charge in [-0.2, -0.15) is 0 Å². The Labute approximate surface area is 139 Å². The number of anilines is 1. The molecule has 0 spiro atoms. The van der Waals surface area contributed by atoms with Crippen molar-refractivity contribution in [3.63, 3.8) is 0 Å². The largest absolute Gasteiger partial charge is 0.325 e. The predicted molar refractivity (Wildman–Crippen MR) is 94.1 cm³/mol. The van der Waals surface area contributed by atoms with Crippen LogP contribution in [0.2, 0.25) is 0 Å². The quantitative estimate of drug-likeness (QED) is 0.630. The standard InChI is InChI=1S/C17H21N3O2S/c1-4-5-13-9-15(21)20-17(18-13)23-10-16(22)19-14-8-11(2)6-7-12(14)3/h6-9H,4-5,10H2,1-3H3,(H,19,22)(H,18,20,21). The average Bonchev–Trinajstić information content (AvgIpc) is 2.49. The van der Waals surface area contributed by atoms with E-state index in [2.05, 4.69) is 15.3 Å². The van der Waals surface area contributed by atoms with Crippen LogP contribution in [0.3, 0.4) is 0 Å². The lowest BCUT2D eigenvalue weighted by Crippen LogP contribution is -2.16. The fraction of sp³-hybridized carbons (Fsp3) is 0.353. The number of H-pyrrole nitrogens is 1. The molecule has 0 atom stereocenters. The fourth-order valence-electron chi connectivity index (χ4n) is 2.13. The highest BCUT2D eigenvalue weighted by Gasteiger charge is 2.08. The van der Waals surface area contributed by atoms with Gasteiger partial charge in [0.05, 0.1) is 5.75 Å². The zero-order valence-corrected chi connectivity index (χ0v) is 14.4. The highest BCUT2D eigenvalue weighted by atomic mass is 32.2. The third kappa shape index (κ3) is 5.25. The van der Waals surface area contributed by atoms with Crippen LogP contribution in [0.1, 0.15) is 30.2 Å². The Bertz CT molecular complexity index is 756. The molecule has 0 fully saturated rings. The SMILES string of the molecule is CCCc1cc(=O)[nH]c(SCC(=O)Nc2cc(C)ccc2C)n1. The van der Waals surface area contributed by atoms with Gasteiger partial charge in [-0.15, -0.1) is 0 Å². The van der Waals surface area contributed by atoms with Crippen molar-refractivity contribution < 1.29 is 4.79 Å². The minimum absolute atomic E-state index is 0.118. The van der Waals surface area contributed by atoms with Gasteiger partial charge in [0.15, 0.2) is 5.16 Å². The van der Waals surface area contributed by atoms with Gasteiger partial charge >= 0.3 is 0 Å². The minimum atomic E-state index is -0.180. The lowest BCUT2D eigenvalue weighted by atomic mass is 10.1. The molecule has 0 aliphatic carbocycles. The van der Waals surface area contributed by atoms with Crippen LogP contribution in [-0.2, 0) is 11.2 Å². The number of nitrogens with zero attached hydrogens (tertiary/aromatic N) is 1. The fourth-order valence-corrected chi connectivity index (χ4v) is 2.82. The van der Waals surface area contributed by atoms with E-state index in [0.717, 1.165) is 35.3 Å². The molecule has 1 heterocycles. The molecule has 2 aromatic rings. The molecule has 0 saturated heterocycles. The summed E-state index contributed by atoms with van der Waals surface area (Å²) in [7, 11) is 0. The van der Waals surface area contributed by atoms with Crippen LogP contribution in [0, 0.1) is 13.8 Å². The number of hydrogen-bond acceptors (Lipinski definition) is 4. The Hall–Kier alpha value is -2.08. The number of carbonyl (C=O) groups is 1. The number of benzene rings is 1. The molecule has 0 radical (unpaired) electrons. The van der Waals surface area contributed by atoms with Crippen LogP contribution in [0.5, 0.6) is 0 Å². The van der Waals surface area contributed by atoms with E-state index in [1.165, 1.54) is 17.8 Å². The van der Waals surface area contributed by atoms with E-state index < -0.39 is 0 Å². The van der Waals surface area contributed by atoms with Crippen LogP contribution in [0.15, 0.2) is 34.2 Å². The van der Waals surface area contributed by atoms with Gasteiger partial charge < -0.3 is 10.3 Å². The van der Waals surface area contributed by atoms with E-state index in [0.29, 0.717) is 5.16 Å². The van der Waals surface area contributed by atoms with Crippen molar-refractivity contribution in [3.8, 4) is 0 Å². The summed E-state index contributed by atoms with van der Waals surface area (Å²) in [5, 5.41) is 3.38. The lowest BCUT2D eigenvalue weighted by Gasteiger charge is -2.09. The van der Waals surface area contributed by atoms with Crippen molar-refractivity contribution in [2.45, 2.75) is 38.8 Å². The zero-order valence-electron chi connectivity index (χ0n) is 13.6. The Morgan fingerprint density at radius 3 is 2.83 bits per heavy atom. The highest BCUT2D eigenvalue weighted by Crippen LogP contribution is 2.18. The molecule has 2 rings (SSSR count). The smallest absolute Gasteiger partial charge is 0.251 e. The van der Waals surface area contributed by atoms with Crippen LogP contribution >= 0.6 is 11.8 Å². The normalized spacial score (nSPS) is 10.6. The first kappa shape index (κ1) is 17.3. The van der Waals surface area contributed by atoms with Gasteiger partial charge in [0.2, 0.25) is 5.91 Å². The summed E-state index contributed by atoms with van der Waals surface area (Å²) in [4.78, 5) is 30.7. The van der Waals surface area contributed by atoms with Crippen molar-refractivity contribution in [2.24, 2.45) is 0 Å². The van der Waals surface area contributed by atoms with Gasteiger partial charge in [0.1, 0.15) is 0 Å². The van der Waals surface area contributed by atoms with E-state index >= 15 is 0 Å². The van der Waals surface area contributed by atoms with Crippen molar-refractivity contribution in [1.29, 1.82) is 0 Å². The Morgan fingerprint density at radius 1 is 1.30 bits per heavy atom. The van der Waals surface area contributed by atoms with Crippen molar-refractivity contribution >= 4 is 23.4 Å². The van der Waals surface area contributed by atoms with Crippen LogP contribution in [0.4, 0.5) is 5.69 Å². The van der Waals surface area contributed by atoms with E-state index in [4.69, 9.17) is 0 Å². The molecule has 0 bridgehead atoms. The summed E-state index contributed by atoms with van der Waals surface area (Å²) in [5.41, 5.74) is 3.51. The number of nitrogens with one attached hydrogen (secondary N) is 2. The molecular formula is C17H21N3O2S. The maximum Gasteiger partial charge on any atom is 0.251 e. The zero-order chi connectivity index (χ0) is 16.8. The number of carbonyl (C=O) groups excluding carboxylic acids is 1. The average molecular weight is 331 g/mol. The number of thioether (sulfide) groups is 1. The molecule has 0 aliphatic heterocycles. The second kappa shape index (κ2) is 7.97. The maximum atomic E-state index is 12.1. The van der Waals surface area contributed by atoms with Gasteiger partial charge in [0.25, 0.3) is 5.56 Å². The number of hydrogen-bond donors (Lipinski definition) is 2. The highest BCUT2D eigenvalue weighted by molar-refractivity contribution is 7.99. The monoisotopic (exact) mass is 331 g/mol. The molecule has 122 valence electrons. The first-order chi connectivity index (χ1) is 11.0. The topological polar surface area (TPSA) is 74.8 Å². The summed E-state index contributed by atoms with van der Waals surface area (Å²) >= 11 is 1.23. The summed E-state index contributed by atoms with van der Waals surface area (Å²) in [6, 6.07) is 7.43. The summed E-state index contributed by atoms with van der Waals surface area (Å²) in [6.07, 6.45) is 1.68. The second-order valence-corrected chi connectivity index (χ2v) is 6.41. The Balaban J connectivity index is 1.99. The first-order valence-corrected chi connectivity index (χ1v) is 8.56. The molecule has 23 heavy (non-hydrogen) atoms. The Morgan fingerprint density at radius 2 is 2.09 bits per heavy atom. The number of aromatic amines is 1. The number of aryl methyl sites for hydroxylation is 3. The van der Waals surface area contributed by atoms with Gasteiger partial charge in [-0.3, -0.25) is 9.59 Å². The molecule has 0 unspecified atom stereocenters. The lowest BCUT2D eigenvalue weighted by molar-refractivity contribution is -0.113. The van der Waals surface area contributed by atoms with Gasteiger partial charge in [-0.25, -0.2) is 4.98 Å². The van der Waals surface area contributed by atoms with Crippen molar-refractivity contribution in [3.05, 3.63) is 51.4 Å². The third-order valence-electron chi connectivity index (χ3n) is 3.29.